The summed E-state index contributed by atoms with van der Waals surface area (Å²) < 4.78 is 59.8. The normalized spacial score (nSPS) is 12.1. The quantitative estimate of drug-likeness (QED) is 0.713. The average molecular weight is 213 g/mol. The molecule has 0 spiro atoms. The summed E-state index contributed by atoms with van der Waals surface area (Å²) in [5, 5.41) is 0. The van der Waals surface area contributed by atoms with Crippen LogP contribution in [0.3, 0.4) is 0 Å². The van der Waals surface area contributed by atoms with Crippen LogP contribution in [0.1, 0.15) is 17.7 Å². The molecule has 14 heavy (non-hydrogen) atoms. The van der Waals surface area contributed by atoms with Gasteiger partial charge in [0.15, 0.2) is 5.43 Å². The summed E-state index contributed by atoms with van der Waals surface area (Å²) in [7, 11) is 0. The summed E-state index contributed by atoms with van der Waals surface area (Å²) in [5.41, 5.74) is -3.78. The number of aromatic amines is 1. The van der Waals surface area contributed by atoms with Gasteiger partial charge in [0.05, 0.1) is 5.69 Å². The summed E-state index contributed by atoms with van der Waals surface area (Å²) in [5.74, 6) is 0. The summed E-state index contributed by atoms with van der Waals surface area (Å²) in [6, 6.07) is 0.244. The highest BCUT2D eigenvalue weighted by molar-refractivity contribution is 5.17. The molecule has 0 aliphatic heterocycles. The second-order valence-electron chi connectivity index (χ2n) is 2.46. The molecular weight excluding hydrogens is 209 g/mol. The Hall–Kier alpha value is -1.40. The zero-order chi connectivity index (χ0) is 10.9. The van der Waals surface area contributed by atoms with Gasteiger partial charge in [0.25, 0.3) is 6.43 Å². The van der Waals surface area contributed by atoms with Crippen molar-refractivity contribution in [1.82, 2.24) is 4.98 Å². The third-order valence-electron chi connectivity index (χ3n) is 1.48. The van der Waals surface area contributed by atoms with E-state index in [9.17, 15) is 26.7 Å². The lowest BCUT2D eigenvalue weighted by Crippen LogP contribution is -2.19. The summed E-state index contributed by atoms with van der Waals surface area (Å²) in [6.07, 6.45) is -7.58. The van der Waals surface area contributed by atoms with Crippen LogP contribution in [0.25, 0.3) is 0 Å². The van der Waals surface area contributed by atoms with Crippen molar-refractivity contribution in [1.29, 1.82) is 0 Å². The Labute approximate surface area is 74.4 Å². The summed E-state index contributed by atoms with van der Waals surface area (Å²) >= 11 is 0. The molecule has 0 saturated heterocycles. The summed E-state index contributed by atoms with van der Waals surface area (Å²) in [4.78, 5) is 12.4. The molecule has 0 saturated carbocycles. The Bertz CT molecular complexity index is 380. The van der Waals surface area contributed by atoms with Gasteiger partial charge in [-0.1, -0.05) is 0 Å². The van der Waals surface area contributed by atoms with Crippen LogP contribution in [0.4, 0.5) is 22.0 Å². The van der Waals surface area contributed by atoms with Crippen LogP contribution >= 0.6 is 0 Å². The van der Waals surface area contributed by atoms with Gasteiger partial charge in [-0.2, -0.15) is 13.2 Å². The molecule has 0 aromatic carbocycles. The fourth-order valence-corrected chi connectivity index (χ4v) is 0.835. The second kappa shape index (κ2) is 3.39. The molecule has 0 aliphatic carbocycles. The van der Waals surface area contributed by atoms with E-state index in [0.717, 1.165) is 0 Å². The van der Waals surface area contributed by atoms with E-state index in [1.165, 1.54) is 0 Å². The molecule has 0 atom stereocenters. The monoisotopic (exact) mass is 213 g/mol. The van der Waals surface area contributed by atoms with E-state index in [0.29, 0.717) is 0 Å². The van der Waals surface area contributed by atoms with Gasteiger partial charge >= 0.3 is 6.18 Å². The molecule has 0 radical (unpaired) electrons. The van der Waals surface area contributed by atoms with Crippen molar-refractivity contribution in [2.75, 3.05) is 0 Å². The summed E-state index contributed by atoms with van der Waals surface area (Å²) in [6.45, 7) is 0. The maximum atomic E-state index is 12.0. The fourth-order valence-electron chi connectivity index (χ4n) is 0.835. The molecule has 1 aromatic rings. The van der Waals surface area contributed by atoms with Gasteiger partial charge in [-0.05, 0) is 0 Å². The molecule has 1 N–H and O–H groups in total. The number of aromatic nitrogens is 1. The first-order valence-corrected chi connectivity index (χ1v) is 3.40. The number of hydrogen-bond acceptors (Lipinski definition) is 1. The highest BCUT2D eigenvalue weighted by Crippen LogP contribution is 2.26. The molecule has 7 heteroatoms. The number of rotatable bonds is 1. The lowest BCUT2D eigenvalue weighted by atomic mass is 10.2. The predicted molar refractivity (Wildman–Crippen MR) is 37.0 cm³/mol. The Morgan fingerprint density at radius 3 is 2.21 bits per heavy atom. The topological polar surface area (TPSA) is 32.9 Å². The van der Waals surface area contributed by atoms with Gasteiger partial charge in [0, 0.05) is 12.3 Å². The zero-order valence-corrected chi connectivity index (χ0v) is 6.53. The van der Waals surface area contributed by atoms with Crippen LogP contribution < -0.4 is 5.43 Å². The number of H-pyrrole nitrogens is 1. The third-order valence-corrected chi connectivity index (χ3v) is 1.48. The lowest BCUT2D eigenvalue weighted by Gasteiger charge is -2.06. The molecule has 0 unspecified atom stereocenters. The maximum absolute atomic E-state index is 12.0. The van der Waals surface area contributed by atoms with E-state index >= 15 is 0 Å². The Morgan fingerprint density at radius 1 is 1.29 bits per heavy atom. The van der Waals surface area contributed by atoms with Gasteiger partial charge in [-0.3, -0.25) is 4.79 Å². The van der Waals surface area contributed by atoms with Crippen molar-refractivity contribution < 1.29 is 22.0 Å². The molecule has 1 rings (SSSR count). The molecular formula is C7H4F5NO. The number of pyridine rings is 1. The van der Waals surface area contributed by atoms with Crippen molar-refractivity contribution >= 4 is 0 Å². The molecule has 2 nitrogen and oxygen atoms in total. The number of alkyl halides is 5. The van der Waals surface area contributed by atoms with E-state index in [1.807, 2.05) is 0 Å². The standard InChI is InChI=1S/C7H4F5NO/c8-6(9)4-1-5(14)3(2-13-4)7(10,11)12/h1-2,6H,(H,13,14). The first kappa shape index (κ1) is 10.7. The van der Waals surface area contributed by atoms with Gasteiger partial charge in [-0.15, -0.1) is 0 Å². The van der Waals surface area contributed by atoms with Gasteiger partial charge in [-0.25, -0.2) is 8.78 Å². The molecule has 1 aromatic heterocycles. The van der Waals surface area contributed by atoms with Gasteiger partial charge in [0.1, 0.15) is 5.56 Å². The number of halogens is 5. The molecule has 1 heterocycles. The molecule has 78 valence electrons. The zero-order valence-electron chi connectivity index (χ0n) is 6.53. The Morgan fingerprint density at radius 2 is 1.86 bits per heavy atom. The molecule has 0 fully saturated rings. The van der Waals surface area contributed by atoms with Crippen molar-refractivity contribution in [3.8, 4) is 0 Å². The maximum Gasteiger partial charge on any atom is 0.421 e. The van der Waals surface area contributed by atoms with E-state index in [-0.39, 0.29) is 12.3 Å². The minimum Gasteiger partial charge on any atom is -0.360 e. The van der Waals surface area contributed by atoms with Crippen molar-refractivity contribution in [2.24, 2.45) is 0 Å². The Kier molecular flexibility index (Phi) is 2.59. The first-order valence-electron chi connectivity index (χ1n) is 3.40. The van der Waals surface area contributed by atoms with E-state index in [4.69, 9.17) is 0 Å². The molecule has 0 bridgehead atoms. The minimum atomic E-state index is -4.83. The SMILES string of the molecule is O=c1cc(C(F)F)[nH]cc1C(F)(F)F. The number of nitrogens with one attached hydrogen (secondary N) is 1. The van der Waals surface area contributed by atoms with E-state index in [1.54, 1.807) is 4.98 Å². The van der Waals surface area contributed by atoms with Crippen LogP contribution in [0.2, 0.25) is 0 Å². The first-order chi connectivity index (χ1) is 6.32. The van der Waals surface area contributed by atoms with Gasteiger partial charge < -0.3 is 4.98 Å². The minimum absolute atomic E-state index is 0.240. The van der Waals surface area contributed by atoms with Crippen molar-refractivity contribution in [2.45, 2.75) is 12.6 Å². The average Bonchev–Trinajstić information content (AvgIpc) is 2.01. The lowest BCUT2D eigenvalue weighted by molar-refractivity contribution is -0.138. The van der Waals surface area contributed by atoms with Gasteiger partial charge in [0.2, 0.25) is 0 Å². The fraction of sp³-hybridized carbons (Fsp3) is 0.286. The predicted octanol–water partition coefficient (Wildman–Crippen LogP) is 2.33. The highest BCUT2D eigenvalue weighted by Gasteiger charge is 2.33. The van der Waals surface area contributed by atoms with E-state index in [2.05, 4.69) is 0 Å². The Balaban J connectivity index is 3.22. The van der Waals surface area contributed by atoms with Crippen LogP contribution in [0.5, 0.6) is 0 Å². The largest absolute Gasteiger partial charge is 0.421 e. The number of hydrogen-bond donors (Lipinski definition) is 1. The third kappa shape index (κ3) is 2.09. The second-order valence-corrected chi connectivity index (χ2v) is 2.46. The van der Waals surface area contributed by atoms with Crippen LogP contribution in [-0.4, -0.2) is 4.98 Å². The molecule has 0 aliphatic rings. The van der Waals surface area contributed by atoms with Crippen LogP contribution in [-0.2, 0) is 6.18 Å². The molecule has 0 amide bonds. The highest BCUT2D eigenvalue weighted by atomic mass is 19.4. The van der Waals surface area contributed by atoms with Crippen molar-refractivity contribution in [3.63, 3.8) is 0 Å². The smallest absolute Gasteiger partial charge is 0.360 e. The van der Waals surface area contributed by atoms with Crippen LogP contribution in [0, 0.1) is 0 Å². The van der Waals surface area contributed by atoms with Crippen molar-refractivity contribution in [3.05, 3.63) is 33.7 Å². The van der Waals surface area contributed by atoms with Crippen LogP contribution in [0.15, 0.2) is 17.1 Å². The van der Waals surface area contributed by atoms with E-state index < -0.39 is 29.3 Å².